The second-order valence-electron chi connectivity index (χ2n) is 8.79. The van der Waals surface area contributed by atoms with Crippen molar-refractivity contribution in [3.05, 3.63) is 59.9 Å². The van der Waals surface area contributed by atoms with Crippen LogP contribution in [-0.4, -0.2) is 43.9 Å². The lowest BCUT2D eigenvalue weighted by Crippen LogP contribution is -2.19. The van der Waals surface area contributed by atoms with Crippen LogP contribution >= 0.6 is 21.6 Å². The lowest BCUT2D eigenvalue weighted by atomic mass is 10.1. The van der Waals surface area contributed by atoms with Gasteiger partial charge in [0.25, 0.3) is 5.91 Å². The van der Waals surface area contributed by atoms with Crippen LogP contribution in [0, 0.1) is 0 Å². The van der Waals surface area contributed by atoms with Crippen molar-refractivity contribution in [3.8, 4) is 0 Å². The monoisotopic (exact) mass is 510 g/mol. The smallest absolute Gasteiger partial charge is 0.352 e. The zero-order valence-electron chi connectivity index (χ0n) is 19.5. The minimum atomic E-state index is -1.04. The van der Waals surface area contributed by atoms with Crippen LogP contribution in [0.5, 0.6) is 0 Å². The van der Waals surface area contributed by atoms with E-state index in [0.29, 0.717) is 34.4 Å². The van der Waals surface area contributed by atoms with Crippen molar-refractivity contribution in [2.75, 3.05) is 16.9 Å². The molecule has 2 aromatic carbocycles. The minimum absolute atomic E-state index is 0.0216. The molecule has 0 saturated carbocycles. The summed E-state index contributed by atoms with van der Waals surface area (Å²) in [5.41, 5.74) is 3.14. The minimum Gasteiger partial charge on any atom is -0.477 e. The number of amides is 2. The van der Waals surface area contributed by atoms with E-state index in [1.54, 1.807) is 51.9 Å². The molecule has 0 atom stereocenters. The van der Waals surface area contributed by atoms with E-state index >= 15 is 0 Å². The molecule has 0 saturated heterocycles. The second-order valence-corrected chi connectivity index (χ2v) is 11.9. The number of fused-ring (bicyclic) bond motifs is 2. The van der Waals surface area contributed by atoms with Crippen LogP contribution in [0.4, 0.5) is 11.4 Å². The molecule has 0 aliphatic carbocycles. The Morgan fingerprint density at radius 2 is 1.46 bits per heavy atom. The van der Waals surface area contributed by atoms with Crippen molar-refractivity contribution in [1.82, 2.24) is 9.97 Å². The number of aromatic amines is 2. The molecule has 2 amide bonds. The molecule has 4 rings (SSSR count). The molecule has 2 aromatic heterocycles. The number of hydrogen-bond acceptors (Lipinski definition) is 5. The van der Waals surface area contributed by atoms with Gasteiger partial charge in [0, 0.05) is 44.3 Å². The molecule has 10 heteroatoms. The number of carbonyl (C=O) groups excluding carboxylic acids is 2. The highest BCUT2D eigenvalue weighted by molar-refractivity contribution is 8.76. The maximum absolute atomic E-state index is 12.8. The van der Waals surface area contributed by atoms with E-state index in [0.717, 1.165) is 17.3 Å². The first-order valence-electron chi connectivity index (χ1n) is 11.0. The highest BCUT2D eigenvalue weighted by Crippen LogP contribution is 2.37. The van der Waals surface area contributed by atoms with Crippen LogP contribution in [0.3, 0.4) is 0 Å². The van der Waals surface area contributed by atoms with E-state index < -0.39 is 5.97 Å². The first-order chi connectivity index (χ1) is 16.6. The fraction of sp³-hybridized carbons (Fsp3) is 0.240. The van der Waals surface area contributed by atoms with Crippen LogP contribution in [0.1, 0.15) is 47.7 Å². The van der Waals surface area contributed by atoms with E-state index in [4.69, 9.17) is 5.11 Å². The van der Waals surface area contributed by atoms with E-state index in [1.165, 1.54) is 6.07 Å². The van der Waals surface area contributed by atoms with Crippen LogP contribution in [0.25, 0.3) is 21.8 Å². The molecule has 5 N–H and O–H groups in total. The highest BCUT2D eigenvalue weighted by Gasteiger charge is 2.20. The second kappa shape index (κ2) is 10.1. The van der Waals surface area contributed by atoms with Gasteiger partial charge in [-0.25, -0.2) is 4.79 Å². The average molecular weight is 511 g/mol. The summed E-state index contributed by atoms with van der Waals surface area (Å²) in [5, 5.41) is 16.4. The number of carboxylic acids is 1. The lowest BCUT2D eigenvalue weighted by molar-refractivity contribution is -0.116. The van der Waals surface area contributed by atoms with Gasteiger partial charge >= 0.3 is 5.97 Å². The van der Waals surface area contributed by atoms with Gasteiger partial charge in [-0.15, -0.1) is 0 Å². The normalized spacial score (nSPS) is 11.6. The van der Waals surface area contributed by atoms with E-state index in [9.17, 15) is 14.4 Å². The van der Waals surface area contributed by atoms with E-state index in [1.807, 2.05) is 18.4 Å². The number of anilines is 2. The topological polar surface area (TPSA) is 127 Å². The van der Waals surface area contributed by atoms with Crippen LogP contribution in [0.2, 0.25) is 0 Å². The lowest BCUT2D eigenvalue weighted by Gasteiger charge is -2.21. The number of nitrogens with one attached hydrogen (secondary N) is 4. The largest absolute Gasteiger partial charge is 0.477 e. The molecule has 0 radical (unpaired) electrons. The summed E-state index contributed by atoms with van der Waals surface area (Å²) in [7, 11) is 3.46. The van der Waals surface area contributed by atoms with Crippen LogP contribution in [-0.2, 0) is 4.79 Å². The fourth-order valence-electron chi connectivity index (χ4n) is 3.76. The Balaban J connectivity index is 1.43. The molecule has 0 fully saturated rings. The van der Waals surface area contributed by atoms with Gasteiger partial charge < -0.3 is 25.7 Å². The third kappa shape index (κ3) is 6.01. The Hall–Kier alpha value is -3.37. The number of H-pyrrole nitrogens is 2. The SMILES string of the molecule is CSSC(C)(C)CCC(=O)Nc1ccc2[nH]c(C(=O)Nc3ccc4[nH]c(C(=O)O)cc4c3)cc2c1. The van der Waals surface area contributed by atoms with Gasteiger partial charge in [-0.1, -0.05) is 21.6 Å². The van der Waals surface area contributed by atoms with Crippen molar-refractivity contribution in [2.24, 2.45) is 0 Å². The number of carboxylic acid groups (broad SMARTS) is 1. The summed E-state index contributed by atoms with van der Waals surface area (Å²) < 4.78 is 0.0216. The summed E-state index contributed by atoms with van der Waals surface area (Å²) in [4.78, 5) is 42.3. The van der Waals surface area contributed by atoms with Crippen molar-refractivity contribution in [1.29, 1.82) is 0 Å². The highest BCUT2D eigenvalue weighted by atomic mass is 33.1. The van der Waals surface area contributed by atoms with Gasteiger partial charge in [-0.2, -0.15) is 0 Å². The van der Waals surface area contributed by atoms with Gasteiger partial charge in [0.05, 0.1) is 0 Å². The van der Waals surface area contributed by atoms with Gasteiger partial charge in [-0.3, -0.25) is 9.59 Å². The quantitative estimate of drug-likeness (QED) is 0.173. The van der Waals surface area contributed by atoms with Gasteiger partial charge in [-0.05, 0) is 75.1 Å². The number of benzene rings is 2. The number of hydrogen-bond donors (Lipinski definition) is 5. The van der Waals surface area contributed by atoms with Crippen LogP contribution < -0.4 is 10.6 Å². The molecule has 0 bridgehead atoms. The fourth-order valence-corrected chi connectivity index (χ4v) is 6.00. The first-order valence-corrected chi connectivity index (χ1v) is 13.5. The Morgan fingerprint density at radius 1 is 0.886 bits per heavy atom. The van der Waals surface area contributed by atoms with Gasteiger partial charge in [0.2, 0.25) is 5.91 Å². The third-order valence-corrected chi connectivity index (χ3v) is 8.20. The average Bonchev–Trinajstić information content (AvgIpc) is 3.41. The number of aromatic carboxylic acids is 1. The number of carbonyl (C=O) groups is 3. The Bertz CT molecular complexity index is 1420. The Morgan fingerprint density at radius 3 is 2.06 bits per heavy atom. The predicted molar refractivity (Wildman–Crippen MR) is 145 cm³/mol. The summed E-state index contributed by atoms with van der Waals surface area (Å²) >= 11 is 0. The molecular weight excluding hydrogens is 484 g/mol. The Labute approximate surface area is 210 Å². The molecular formula is C25H26N4O4S2. The maximum atomic E-state index is 12.8. The Kier molecular flexibility index (Phi) is 7.13. The summed E-state index contributed by atoms with van der Waals surface area (Å²) in [5.74, 6) is -1.41. The van der Waals surface area contributed by atoms with Gasteiger partial charge in [0.15, 0.2) is 0 Å². The summed E-state index contributed by atoms with van der Waals surface area (Å²) in [6.45, 7) is 4.26. The maximum Gasteiger partial charge on any atom is 0.352 e. The molecule has 2 heterocycles. The van der Waals surface area contributed by atoms with E-state index in [2.05, 4.69) is 34.4 Å². The van der Waals surface area contributed by atoms with Crippen molar-refractivity contribution >= 4 is 72.6 Å². The molecule has 35 heavy (non-hydrogen) atoms. The molecule has 8 nitrogen and oxygen atoms in total. The van der Waals surface area contributed by atoms with Crippen LogP contribution in [0.15, 0.2) is 48.5 Å². The predicted octanol–water partition coefficient (Wildman–Crippen LogP) is 6.11. The molecule has 0 aliphatic heterocycles. The molecule has 4 aromatic rings. The standard InChI is InChI=1S/C25H26N4O4S2/c1-25(2,35-34-3)9-8-22(30)26-16-4-6-18-14(10-16)12-20(28-18)23(31)27-17-5-7-19-15(11-17)13-21(29-19)24(32)33/h4-7,10-13,28-29H,8-9H2,1-3H3,(H,26,30)(H,27,31)(H,32,33). The number of rotatable bonds is 9. The third-order valence-electron chi connectivity index (χ3n) is 5.52. The van der Waals surface area contributed by atoms with Crippen molar-refractivity contribution in [3.63, 3.8) is 0 Å². The van der Waals surface area contributed by atoms with E-state index in [-0.39, 0.29) is 22.3 Å². The molecule has 0 aliphatic rings. The molecule has 0 spiro atoms. The van der Waals surface area contributed by atoms with Crippen molar-refractivity contribution in [2.45, 2.75) is 31.4 Å². The molecule has 0 unspecified atom stereocenters. The zero-order valence-corrected chi connectivity index (χ0v) is 21.2. The molecule has 182 valence electrons. The summed E-state index contributed by atoms with van der Waals surface area (Å²) in [6, 6.07) is 13.9. The number of aromatic nitrogens is 2. The summed E-state index contributed by atoms with van der Waals surface area (Å²) in [6.07, 6.45) is 3.23. The zero-order chi connectivity index (χ0) is 25.2. The first kappa shape index (κ1) is 24.7. The van der Waals surface area contributed by atoms with Crippen molar-refractivity contribution < 1.29 is 19.5 Å². The van der Waals surface area contributed by atoms with Gasteiger partial charge in [0.1, 0.15) is 11.4 Å².